The molecular formula is C15H18F3NO4S. The number of nitrogens with zero attached hydrogens (tertiary/aromatic N) is 1. The molecule has 1 N–H and O–H groups in total. The average molecular weight is 365 g/mol. The zero-order valence-corrected chi connectivity index (χ0v) is 14.0. The lowest BCUT2D eigenvalue weighted by Gasteiger charge is -2.18. The number of rotatable bonds is 4. The number of benzene rings is 1. The van der Waals surface area contributed by atoms with Crippen LogP contribution < -0.4 is 0 Å². The maximum Gasteiger partial charge on any atom is 0.393 e. The molecule has 9 heteroatoms. The minimum atomic E-state index is -4.76. The van der Waals surface area contributed by atoms with Crippen LogP contribution in [-0.2, 0) is 20.6 Å². The molecule has 0 unspecified atom stereocenters. The summed E-state index contributed by atoms with van der Waals surface area (Å²) < 4.78 is 64.4. The van der Waals surface area contributed by atoms with Crippen LogP contribution >= 0.6 is 0 Å². The molecule has 24 heavy (non-hydrogen) atoms. The molecule has 0 bridgehead atoms. The van der Waals surface area contributed by atoms with Crippen LogP contribution in [0.1, 0.15) is 16.7 Å². The van der Waals surface area contributed by atoms with Crippen LogP contribution in [-0.4, -0.2) is 43.1 Å². The van der Waals surface area contributed by atoms with Gasteiger partial charge in [0.25, 0.3) is 0 Å². The van der Waals surface area contributed by atoms with Crippen molar-refractivity contribution >= 4 is 16.0 Å². The number of carbonyl (C=O) groups is 1. The highest BCUT2D eigenvalue weighted by molar-refractivity contribution is 7.88. The summed E-state index contributed by atoms with van der Waals surface area (Å²) in [5, 5.41) is 8.97. The molecule has 0 amide bonds. The Morgan fingerprint density at radius 3 is 2.33 bits per heavy atom. The van der Waals surface area contributed by atoms with Gasteiger partial charge < -0.3 is 5.11 Å². The van der Waals surface area contributed by atoms with Gasteiger partial charge in [0.05, 0.1) is 17.6 Å². The van der Waals surface area contributed by atoms with Gasteiger partial charge in [-0.15, -0.1) is 0 Å². The Labute approximate surface area is 138 Å². The summed E-state index contributed by atoms with van der Waals surface area (Å²) in [6.07, 6.45) is -4.76. The van der Waals surface area contributed by atoms with Crippen molar-refractivity contribution in [1.82, 2.24) is 4.31 Å². The Hall–Kier alpha value is -1.61. The molecule has 2 atom stereocenters. The van der Waals surface area contributed by atoms with Gasteiger partial charge in [-0.3, -0.25) is 4.79 Å². The van der Waals surface area contributed by atoms with Gasteiger partial charge in [0.1, 0.15) is 0 Å². The van der Waals surface area contributed by atoms with E-state index in [0.29, 0.717) is 9.87 Å². The van der Waals surface area contributed by atoms with E-state index in [9.17, 15) is 26.4 Å². The third-order valence-electron chi connectivity index (χ3n) is 4.34. The van der Waals surface area contributed by atoms with E-state index in [-0.39, 0.29) is 0 Å². The van der Waals surface area contributed by atoms with Crippen molar-refractivity contribution in [2.75, 3.05) is 13.1 Å². The van der Waals surface area contributed by atoms with Crippen LogP contribution in [0.15, 0.2) is 18.2 Å². The molecule has 1 aliphatic heterocycles. The predicted octanol–water partition coefficient (Wildman–Crippen LogP) is 2.33. The normalized spacial score (nSPS) is 22.7. The van der Waals surface area contributed by atoms with Crippen LogP contribution in [0.3, 0.4) is 0 Å². The second kappa shape index (κ2) is 6.36. The zero-order valence-electron chi connectivity index (χ0n) is 13.2. The van der Waals surface area contributed by atoms with E-state index >= 15 is 0 Å². The number of carboxylic acids is 1. The van der Waals surface area contributed by atoms with Crippen LogP contribution in [0.2, 0.25) is 0 Å². The maximum atomic E-state index is 13.0. The number of aliphatic carboxylic acids is 1. The molecule has 0 aliphatic carbocycles. The van der Waals surface area contributed by atoms with E-state index in [1.165, 1.54) is 0 Å². The molecule has 134 valence electrons. The standard InChI is InChI=1S/C15H18F3NO4S/c1-9-3-4-11(5-10(9)2)8-24(22,23)19-6-12(14(20)21)13(7-19)15(16,17)18/h3-5,12-13H,6-8H2,1-2H3,(H,20,21)/t12-,13-/m1/s1. The molecule has 1 aliphatic rings. The third kappa shape index (κ3) is 3.89. The van der Waals surface area contributed by atoms with Crippen molar-refractivity contribution in [3.8, 4) is 0 Å². The lowest BCUT2D eigenvalue weighted by Crippen LogP contribution is -2.34. The monoisotopic (exact) mass is 365 g/mol. The van der Waals surface area contributed by atoms with Crippen molar-refractivity contribution in [3.63, 3.8) is 0 Å². The van der Waals surface area contributed by atoms with Gasteiger partial charge in [0, 0.05) is 13.1 Å². The molecule has 1 heterocycles. The first kappa shape index (κ1) is 18.7. The minimum Gasteiger partial charge on any atom is -0.481 e. The largest absolute Gasteiger partial charge is 0.481 e. The Morgan fingerprint density at radius 2 is 1.88 bits per heavy atom. The van der Waals surface area contributed by atoms with E-state index in [1.807, 2.05) is 6.92 Å². The Balaban J connectivity index is 2.23. The minimum absolute atomic E-state index is 0.453. The van der Waals surface area contributed by atoms with Gasteiger partial charge in [-0.05, 0) is 30.5 Å². The van der Waals surface area contributed by atoms with Gasteiger partial charge in [-0.25, -0.2) is 12.7 Å². The number of sulfonamides is 1. The van der Waals surface area contributed by atoms with Crippen molar-refractivity contribution in [3.05, 3.63) is 34.9 Å². The van der Waals surface area contributed by atoms with Gasteiger partial charge in [-0.1, -0.05) is 18.2 Å². The van der Waals surface area contributed by atoms with Crippen molar-refractivity contribution in [2.45, 2.75) is 25.8 Å². The molecule has 1 aromatic rings. The lowest BCUT2D eigenvalue weighted by atomic mass is 9.96. The number of halogens is 3. The SMILES string of the molecule is Cc1ccc(CS(=O)(=O)N2C[C@@H](C(F)(F)F)[C@H](C(=O)O)C2)cc1C. The number of carboxylic acid groups (broad SMARTS) is 1. The number of alkyl halides is 3. The molecule has 1 saturated heterocycles. The highest BCUT2D eigenvalue weighted by atomic mass is 32.2. The van der Waals surface area contributed by atoms with Crippen LogP contribution in [0, 0.1) is 25.7 Å². The smallest absolute Gasteiger partial charge is 0.393 e. The number of hydrogen-bond donors (Lipinski definition) is 1. The summed E-state index contributed by atoms with van der Waals surface area (Å²) in [7, 11) is -4.03. The second-order valence-corrected chi connectivity index (χ2v) is 8.05. The summed E-state index contributed by atoms with van der Waals surface area (Å²) in [5.74, 6) is -6.06. The Bertz CT molecular complexity index is 746. The molecule has 0 saturated carbocycles. The van der Waals surface area contributed by atoms with Gasteiger partial charge in [-0.2, -0.15) is 13.2 Å². The van der Waals surface area contributed by atoms with E-state index in [2.05, 4.69) is 0 Å². The summed E-state index contributed by atoms with van der Waals surface area (Å²) in [5.41, 5.74) is 2.31. The first-order valence-corrected chi connectivity index (χ1v) is 8.86. The van der Waals surface area contributed by atoms with Crippen molar-refractivity contribution in [2.24, 2.45) is 11.8 Å². The van der Waals surface area contributed by atoms with Crippen molar-refractivity contribution < 1.29 is 31.5 Å². The van der Waals surface area contributed by atoms with Gasteiger partial charge >= 0.3 is 12.1 Å². The number of hydrogen-bond acceptors (Lipinski definition) is 3. The topological polar surface area (TPSA) is 74.7 Å². The molecule has 0 spiro atoms. The zero-order chi connectivity index (χ0) is 18.3. The lowest BCUT2D eigenvalue weighted by molar-refractivity contribution is -0.187. The molecule has 5 nitrogen and oxygen atoms in total. The molecule has 2 rings (SSSR count). The molecule has 1 fully saturated rings. The number of aryl methyl sites for hydroxylation is 2. The quantitative estimate of drug-likeness (QED) is 0.889. The molecular weight excluding hydrogens is 347 g/mol. The molecule has 1 aromatic carbocycles. The fourth-order valence-electron chi connectivity index (χ4n) is 2.77. The fourth-order valence-corrected chi connectivity index (χ4v) is 4.33. The first-order valence-electron chi connectivity index (χ1n) is 7.25. The second-order valence-electron chi connectivity index (χ2n) is 6.08. The Morgan fingerprint density at radius 1 is 1.25 bits per heavy atom. The molecule has 0 aromatic heterocycles. The van der Waals surface area contributed by atoms with Crippen LogP contribution in [0.25, 0.3) is 0 Å². The van der Waals surface area contributed by atoms with Gasteiger partial charge in [0.15, 0.2) is 0 Å². The van der Waals surface area contributed by atoms with Crippen LogP contribution in [0.5, 0.6) is 0 Å². The highest BCUT2D eigenvalue weighted by Crippen LogP contribution is 2.39. The summed E-state index contributed by atoms with van der Waals surface area (Å²) in [4.78, 5) is 11.1. The summed E-state index contributed by atoms with van der Waals surface area (Å²) in [6.45, 7) is 2.15. The van der Waals surface area contributed by atoms with E-state index < -0.39 is 52.8 Å². The van der Waals surface area contributed by atoms with E-state index in [1.54, 1.807) is 25.1 Å². The summed E-state index contributed by atoms with van der Waals surface area (Å²) >= 11 is 0. The Kier molecular flexibility index (Phi) is 4.96. The highest BCUT2D eigenvalue weighted by Gasteiger charge is 2.54. The summed E-state index contributed by atoms with van der Waals surface area (Å²) in [6, 6.07) is 5.01. The van der Waals surface area contributed by atoms with Gasteiger partial charge in [0.2, 0.25) is 10.0 Å². The van der Waals surface area contributed by atoms with E-state index in [0.717, 1.165) is 11.1 Å². The van der Waals surface area contributed by atoms with Crippen LogP contribution in [0.4, 0.5) is 13.2 Å². The average Bonchev–Trinajstić information content (AvgIpc) is 2.89. The first-order chi connectivity index (χ1) is 10.9. The predicted molar refractivity (Wildman–Crippen MR) is 80.8 cm³/mol. The maximum absolute atomic E-state index is 13.0. The van der Waals surface area contributed by atoms with E-state index in [4.69, 9.17) is 5.11 Å². The third-order valence-corrected chi connectivity index (χ3v) is 6.12. The fraction of sp³-hybridized carbons (Fsp3) is 0.533. The van der Waals surface area contributed by atoms with Crippen molar-refractivity contribution in [1.29, 1.82) is 0 Å². The molecule has 0 radical (unpaired) electrons.